The lowest BCUT2D eigenvalue weighted by Crippen LogP contribution is -2.27. The molecule has 1 aliphatic rings. The summed E-state index contributed by atoms with van der Waals surface area (Å²) >= 11 is 0. The predicted molar refractivity (Wildman–Crippen MR) is 80.1 cm³/mol. The zero-order valence-electron chi connectivity index (χ0n) is 12.7. The maximum Gasteiger partial charge on any atom is 0.306 e. The van der Waals surface area contributed by atoms with Crippen LogP contribution in [0.1, 0.15) is 84.5 Å². The van der Waals surface area contributed by atoms with Crippen molar-refractivity contribution in [1.82, 2.24) is 0 Å². The second-order valence-electron chi connectivity index (χ2n) is 6.28. The molecular formula is C17H30O2. The lowest BCUT2D eigenvalue weighted by Gasteiger charge is -2.23. The fraction of sp³-hybridized carbons (Fsp3) is 0.824. The molecule has 1 rings (SSSR count). The minimum Gasteiger partial charge on any atom is -0.459 e. The van der Waals surface area contributed by atoms with Crippen LogP contribution in [0.4, 0.5) is 0 Å². The first kappa shape index (κ1) is 16.3. The standard InChI is InChI=1S/C17H30O2/c1-17(2)15-13-11-9-7-5-3-4-6-8-10-12-14-16(18)19-17/h11,13H,3-10,12,14-15H2,1-2H3/b13-11+. The molecule has 0 radical (unpaired) electrons. The van der Waals surface area contributed by atoms with Crippen LogP contribution in [0.25, 0.3) is 0 Å². The molecule has 0 bridgehead atoms. The SMILES string of the molecule is CC1(C)C/C=C/CCCCCCCCCCC(=O)O1. The Hall–Kier alpha value is -0.790. The van der Waals surface area contributed by atoms with Gasteiger partial charge < -0.3 is 4.74 Å². The van der Waals surface area contributed by atoms with Gasteiger partial charge >= 0.3 is 5.97 Å². The van der Waals surface area contributed by atoms with Gasteiger partial charge in [0.2, 0.25) is 0 Å². The molecule has 110 valence electrons. The lowest BCUT2D eigenvalue weighted by atomic mass is 10.0. The number of esters is 1. The van der Waals surface area contributed by atoms with Gasteiger partial charge in [-0.25, -0.2) is 0 Å². The Morgan fingerprint density at radius 3 is 2.16 bits per heavy atom. The monoisotopic (exact) mass is 266 g/mol. The van der Waals surface area contributed by atoms with Gasteiger partial charge in [0.25, 0.3) is 0 Å². The molecule has 0 unspecified atom stereocenters. The van der Waals surface area contributed by atoms with Gasteiger partial charge in [-0.3, -0.25) is 4.79 Å². The number of rotatable bonds is 0. The van der Waals surface area contributed by atoms with Crippen molar-refractivity contribution in [3.05, 3.63) is 12.2 Å². The van der Waals surface area contributed by atoms with Crippen molar-refractivity contribution in [2.75, 3.05) is 0 Å². The van der Waals surface area contributed by atoms with Gasteiger partial charge in [-0.2, -0.15) is 0 Å². The van der Waals surface area contributed by atoms with E-state index in [1.54, 1.807) is 0 Å². The van der Waals surface area contributed by atoms with Gasteiger partial charge in [-0.15, -0.1) is 0 Å². The first-order valence-corrected chi connectivity index (χ1v) is 7.97. The summed E-state index contributed by atoms with van der Waals surface area (Å²) in [7, 11) is 0. The summed E-state index contributed by atoms with van der Waals surface area (Å²) in [6.07, 6.45) is 17.0. The molecule has 0 N–H and O–H groups in total. The van der Waals surface area contributed by atoms with Crippen LogP contribution >= 0.6 is 0 Å². The molecule has 2 nitrogen and oxygen atoms in total. The van der Waals surface area contributed by atoms with Crippen LogP contribution in [-0.2, 0) is 9.53 Å². The molecule has 0 saturated heterocycles. The fourth-order valence-corrected chi connectivity index (χ4v) is 2.48. The Morgan fingerprint density at radius 2 is 1.47 bits per heavy atom. The van der Waals surface area contributed by atoms with Gasteiger partial charge in [-0.05, 0) is 33.1 Å². The Morgan fingerprint density at radius 1 is 0.895 bits per heavy atom. The van der Waals surface area contributed by atoms with Crippen molar-refractivity contribution in [3.8, 4) is 0 Å². The Bertz CT molecular complexity index is 279. The second kappa shape index (κ2) is 9.17. The van der Waals surface area contributed by atoms with E-state index >= 15 is 0 Å². The van der Waals surface area contributed by atoms with Gasteiger partial charge in [0.05, 0.1) is 0 Å². The molecule has 0 atom stereocenters. The first-order valence-electron chi connectivity index (χ1n) is 7.97. The molecule has 0 aromatic heterocycles. The topological polar surface area (TPSA) is 26.3 Å². The lowest BCUT2D eigenvalue weighted by molar-refractivity contribution is -0.156. The molecular weight excluding hydrogens is 236 g/mol. The van der Waals surface area contributed by atoms with E-state index in [4.69, 9.17) is 4.74 Å². The number of carbonyl (C=O) groups excluding carboxylic acids is 1. The molecule has 0 aliphatic carbocycles. The molecule has 0 aromatic rings. The van der Waals surface area contributed by atoms with Crippen LogP contribution < -0.4 is 0 Å². The van der Waals surface area contributed by atoms with Crippen LogP contribution in [0.3, 0.4) is 0 Å². The number of allylic oxidation sites excluding steroid dienone is 1. The van der Waals surface area contributed by atoms with Crippen LogP contribution in [0.2, 0.25) is 0 Å². The van der Waals surface area contributed by atoms with Crippen molar-refractivity contribution < 1.29 is 9.53 Å². The number of hydrogen-bond acceptors (Lipinski definition) is 2. The molecule has 1 aliphatic heterocycles. The number of cyclic esters (lactones) is 1. The number of hydrogen-bond donors (Lipinski definition) is 0. The molecule has 0 spiro atoms. The Balaban J connectivity index is 2.41. The Kier molecular flexibility index (Phi) is 7.85. The highest BCUT2D eigenvalue weighted by Crippen LogP contribution is 2.18. The maximum absolute atomic E-state index is 11.7. The molecule has 19 heavy (non-hydrogen) atoms. The molecule has 0 fully saturated rings. The Labute approximate surface area is 118 Å². The average Bonchev–Trinajstić information content (AvgIpc) is 2.33. The van der Waals surface area contributed by atoms with Gasteiger partial charge in [0, 0.05) is 12.8 Å². The number of ether oxygens (including phenoxy) is 1. The smallest absolute Gasteiger partial charge is 0.306 e. The van der Waals surface area contributed by atoms with Crippen molar-refractivity contribution in [3.63, 3.8) is 0 Å². The first-order chi connectivity index (χ1) is 9.10. The largest absolute Gasteiger partial charge is 0.459 e. The highest BCUT2D eigenvalue weighted by Gasteiger charge is 2.20. The second-order valence-corrected chi connectivity index (χ2v) is 6.28. The molecule has 1 heterocycles. The van der Waals surface area contributed by atoms with Crippen LogP contribution in [-0.4, -0.2) is 11.6 Å². The zero-order chi connectivity index (χ0) is 14.0. The minimum atomic E-state index is -0.356. The highest BCUT2D eigenvalue weighted by molar-refractivity contribution is 5.69. The summed E-state index contributed by atoms with van der Waals surface area (Å²) in [5.41, 5.74) is -0.356. The third kappa shape index (κ3) is 8.85. The summed E-state index contributed by atoms with van der Waals surface area (Å²) < 4.78 is 5.55. The normalized spacial score (nSPS) is 25.5. The molecule has 0 saturated carbocycles. The van der Waals surface area contributed by atoms with E-state index in [0.29, 0.717) is 6.42 Å². The minimum absolute atomic E-state index is 0.0366. The van der Waals surface area contributed by atoms with E-state index in [-0.39, 0.29) is 11.6 Å². The summed E-state index contributed by atoms with van der Waals surface area (Å²) in [6, 6.07) is 0. The quantitative estimate of drug-likeness (QED) is 0.446. The average molecular weight is 266 g/mol. The van der Waals surface area contributed by atoms with E-state index < -0.39 is 0 Å². The van der Waals surface area contributed by atoms with Gasteiger partial charge in [0.1, 0.15) is 5.60 Å². The zero-order valence-corrected chi connectivity index (χ0v) is 12.7. The van der Waals surface area contributed by atoms with Crippen LogP contribution in [0, 0.1) is 0 Å². The fourth-order valence-electron chi connectivity index (χ4n) is 2.48. The summed E-state index contributed by atoms with van der Waals surface area (Å²) in [6.45, 7) is 4.00. The van der Waals surface area contributed by atoms with Crippen molar-refractivity contribution in [2.45, 2.75) is 90.1 Å². The third-order valence-electron chi connectivity index (χ3n) is 3.67. The van der Waals surface area contributed by atoms with Crippen LogP contribution in [0.15, 0.2) is 12.2 Å². The van der Waals surface area contributed by atoms with E-state index in [9.17, 15) is 4.79 Å². The van der Waals surface area contributed by atoms with Crippen molar-refractivity contribution in [1.29, 1.82) is 0 Å². The van der Waals surface area contributed by atoms with E-state index in [0.717, 1.165) is 25.7 Å². The van der Waals surface area contributed by atoms with E-state index in [1.807, 2.05) is 13.8 Å². The molecule has 0 aromatic carbocycles. The van der Waals surface area contributed by atoms with Gasteiger partial charge in [-0.1, -0.05) is 50.7 Å². The summed E-state index contributed by atoms with van der Waals surface area (Å²) in [5.74, 6) is -0.0366. The third-order valence-corrected chi connectivity index (χ3v) is 3.67. The highest BCUT2D eigenvalue weighted by atomic mass is 16.6. The van der Waals surface area contributed by atoms with Crippen molar-refractivity contribution >= 4 is 5.97 Å². The molecule has 2 heteroatoms. The van der Waals surface area contributed by atoms with Crippen molar-refractivity contribution in [2.24, 2.45) is 0 Å². The van der Waals surface area contributed by atoms with Gasteiger partial charge in [0.15, 0.2) is 0 Å². The van der Waals surface area contributed by atoms with E-state index in [1.165, 1.54) is 38.5 Å². The maximum atomic E-state index is 11.7. The van der Waals surface area contributed by atoms with E-state index in [2.05, 4.69) is 12.2 Å². The van der Waals surface area contributed by atoms with Crippen LogP contribution in [0.5, 0.6) is 0 Å². The summed E-state index contributed by atoms with van der Waals surface area (Å²) in [4.78, 5) is 11.7. The summed E-state index contributed by atoms with van der Waals surface area (Å²) in [5, 5.41) is 0. The predicted octanol–water partition coefficient (Wildman–Crippen LogP) is 5.17. The number of carbonyl (C=O) groups is 1. The molecule has 0 amide bonds.